The summed E-state index contributed by atoms with van der Waals surface area (Å²) in [7, 11) is 1.89. The minimum atomic E-state index is -0.572. The van der Waals surface area contributed by atoms with Crippen molar-refractivity contribution in [2.75, 3.05) is 6.61 Å². The van der Waals surface area contributed by atoms with Crippen LogP contribution in [0.4, 0.5) is 0 Å². The van der Waals surface area contributed by atoms with Crippen molar-refractivity contribution in [2.24, 2.45) is 7.05 Å². The fraction of sp³-hybridized carbons (Fsp3) is 0.200. The first kappa shape index (κ1) is 18.4. The SMILES string of the molecule is Cc1cc(C(=O)COC(=O)/C=C/c2sc3ccccc3c2Cl)c(C)n1C. The number of hydrogen-bond acceptors (Lipinski definition) is 4. The number of ketones is 1. The smallest absolute Gasteiger partial charge is 0.331 e. The van der Waals surface area contributed by atoms with E-state index in [9.17, 15) is 9.59 Å². The molecule has 0 aliphatic carbocycles. The normalized spacial score (nSPS) is 11.4. The first-order chi connectivity index (χ1) is 12.4. The van der Waals surface area contributed by atoms with E-state index in [0.717, 1.165) is 26.4 Å². The summed E-state index contributed by atoms with van der Waals surface area (Å²) in [5, 5.41) is 1.57. The number of hydrogen-bond donors (Lipinski definition) is 0. The molecule has 6 heteroatoms. The van der Waals surface area contributed by atoms with Gasteiger partial charge < -0.3 is 9.30 Å². The van der Waals surface area contributed by atoms with Crippen LogP contribution in [-0.2, 0) is 16.6 Å². The van der Waals surface area contributed by atoms with Crippen molar-refractivity contribution in [3.63, 3.8) is 0 Å². The van der Waals surface area contributed by atoms with Gasteiger partial charge in [-0.2, -0.15) is 0 Å². The van der Waals surface area contributed by atoms with Crippen LogP contribution in [0.2, 0.25) is 5.02 Å². The number of aromatic nitrogens is 1. The van der Waals surface area contributed by atoms with Gasteiger partial charge in [0.1, 0.15) is 0 Å². The predicted molar refractivity (Wildman–Crippen MR) is 106 cm³/mol. The van der Waals surface area contributed by atoms with Crippen LogP contribution in [0.1, 0.15) is 26.6 Å². The second-order valence-electron chi connectivity index (χ2n) is 5.98. The van der Waals surface area contributed by atoms with Crippen molar-refractivity contribution < 1.29 is 14.3 Å². The molecule has 0 radical (unpaired) electrons. The standard InChI is InChI=1S/C20H18ClNO3S/c1-12-10-15(13(2)22(12)3)16(23)11-25-19(24)9-8-18-20(21)14-6-4-5-7-17(14)26-18/h4-10H,11H2,1-3H3/b9-8+. The molecule has 0 aliphatic heterocycles. The molecule has 0 atom stereocenters. The van der Waals surface area contributed by atoms with Crippen LogP contribution in [0, 0.1) is 13.8 Å². The fourth-order valence-corrected chi connectivity index (χ4v) is 4.08. The van der Waals surface area contributed by atoms with Crippen molar-refractivity contribution in [1.82, 2.24) is 4.57 Å². The van der Waals surface area contributed by atoms with E-state index in [-0.39, 0.29) is 12.4 Å². The van der Waals surface area contributed by atoms with E-state index >= 15 is 0 Å². The number of halogens is 1. The largest absolute Gasteiger partial charge is 0.454 e. The number of rotatable bonds is 5. The average Bonchev–Trinajstić information content (AvgIpc) is 3.09. The number of aryl methyl sites for hydroxylation is 1. The zero-order valence-corrected chi connectivity index (χ0v) is 16.3. The molecule has 2 heterocycles. The van der Waals surface area contributed by atoms with E-state index in [1.54, 1.807) is 12.1 Å². The van der Waals surface area contributed by atoms with Crippen LogP contribution < -0.4 is 0 Å². The highest BCUT2D eigenvalue weighted by Gasteiger charge is 2.15. The van der Waals surface area contributed by atoms with Gasteiger partial charge in [-0.15, -0.1) is 11.3 Å². The number of esters is 1. The molecule has 0 bridgehead atoms. The second-order valence-corrected chi connectivity index (χ2v) is 7.45. The van der Waals surface area contributed by atoms with Gasteiger partial charge in [-0.25, -0.2) is 4.79 Å². The maximum atomic E-state index is 12.2. The molecular weight excluding hydrogens is 370 g/mol. The Morgan fingerprint density at radius 1 is 1.27 bits per heavy atom. The zero-order chi connectivity index (χ0) is 18.8. The third-order valence-corrected chi connectivity index (χ3v) is 6.01. The van der Waals surface area contributed by atoms with Gasteiger partial charge >= 0.3 is 5.97 Å². The van der Waals surface area contributed by atoms with Gasteiger partial charge in [0, 0.05) is 45.0 Å². The Kier molecular flexibility index (Phi) is 5.30. The second kappa shape index (κ2) is 7.48. The number of ether oxygens (including phenoxy) is 1. The number of fused-ring (bicyclic) bond motifs is 1. The quantitative estimate of drug-likeness (QED) is 0.353. The Bertz CT molecular complexity index is 1030. The topological polar surface area (TPSA) is 48.3 Å². The molecule has 3 aromatic rings. The summed E-state index contributed by atoms with van der Waals surface area (Å²) in [6, 6.07) is 9.58. The van der Waals surface area contributed by atoms with Gasteiger partial charge in [0.2, 0.25) is 5.78 Å². The van der Waals surface area contributed by atoms with Gasteiger partial charge in [0.25, 0.3) is 0 Å². The van der Waals surface area contributed by atoms with E-state index in [4.69, 9.17) is 16.3 Å². The average molecular weight is 388 g/mol. The summed E-state index contributed by atoms with van der Waals surface area (Å²) in [4.78, 5) is 25.0. The first-order valence-electron chi connectivity index (χ1n) is 8.06. The third kappa shape index (κ3) is 3.59. The molecule has 0 spiro atoms. The van der Waals surface area contributed by atoms with Crippen molar-refractivity contribution in [2.45, 2.75) is 13.8 Å². The minimum Gasteiger partial charge on any atom is -0.454 e. The molecule has 134 valence electrons. The van der Waals surface area contributed by atoms with Crippen molar-refractivity contribution in [1.29, 1.82) is 0 Å². The number of carbonyl (C=O) groups excluding carboxylic acids is 2. The maximum Gasteiger partial charge on any atom is 0.331 e. The molecule has 26 heavy (non-hydrogen) atoms. The maximum absolute atomic E-state index is 12.2. The molecule has 0 unspecified atom stereocenters. The molecule has 0 saturated carbocycles. The summed E-state index contributed by atoms with van der Waals surface area (Å²) in [5.74, 6) is -0.787. The Morgan fingerprint density at radius 2 is 2.00 bits per heavy atom. The lowest BCUT2D eigenvalue weighted by Gasteiger charge is -2.03. The molecule has 3 rings (SSSR count). The molecule has 4 nitrogen and oxygen atoms in total. The van der Waals surface area contributed by atoms with Crippen LogP contribution in [0.5, 0.6) is 0 Å². The third-order valence-electron chi connectivity index (χ3n) is 4.35. The highest BCUT2D eigenvalue weighted by atomic mass is 35.5. The van der Waals surface area contributed by atoms with E-state index in [1.807, 2.05) is 49.7 Å². The van der Waals surface area contributed by atoms with E-state index in [0.29, 0.717) is 10.6 Å². The highest BCUT2D eigenvalue weighted by molar-refractivity contribution is 7.20. The predicted octanol–water partition coefficient (Wildman–Crippen LogP) is 4.95. The minimum absolute atomic E-state index is 0.215. The number of nitrogens with zero attached hydrogens (tertiary/aromatic N) is 1. The molecule has 0 aliphatic rings. The number of Topliss-reactive ketones (excluding diaryl/α,β-unsaturated/α-hetero) is 1. The van der Waals surface area contributed by atoms with Gasteiger partial charge in [0.15, 0.2) is 6.61 Å². The fourth-order valence-electron chi connectivity index (χ4n) is 2.68. The highest BCUT2D eigenvalue weighted by Crippen LogP contribution is 2.35. The monoisotopic (exact) mass is 387 g/mol. The lowest BCUT2D eigenvalue weighted by molar-refractivity contribution is -0.136. The van der Waals surface area contributed by atoms with Crippen molar-refractivity contribution >= 4 is 50.9 Å². The van der Waals surface area contributed by atoms with Crippen LogP contribution in [0.3, 0.4) is 0 Å². The molecular formula is C20H18ClNO3S. The van der Waals surface area contributed by atoms with Crippen LogP contribution in [-0.4, -0.2) is 22.9 Å². The van der Waals surface area contributed by atoms with Crippen molar-refractivity contribution in [3.8, 4) is 0 Å². The van der Waals surface area contributed by atoms with Crippen LogP contribution in [0.15, 0.2) is 36.4 Å². The first-order valence-corrected chi connectivity index (χ1v) is 9.26. The molecule has 0 saturated heterocycles. The Hall–Kier alpha value is -2.37. The van der Waals surface area contributed by atoms with E-state index in [1.165, 1.54) is 17.4 Å². The van der Waals surface area contributed by atoms with Gasteiger partial charge in [-0.1, -0.05) is 29.8 Å². The molecule has 0 N–H and O–H groups in total. The summed E-state index contributed by atoms with van der Waals surface area (Å²) in [6.45, 7) is 3.51. The van der Waals surface area contributed by atoms with E-state index in [2.05, 4.69) is 0 Å². The van der Waals surface area contributed by atoms with Gasteiger partial charge in [0.05, 0.1) is 5.02 Å². The zero-order valence-electron chi connectivity index (χ0n) is 14.7. The lowest BCUT2D eigenvalue weighted by Crippen LogP contribution is -2.13. The summed E-state index contributed by atoms with van der Waals surface area (Å²) >= 11 is 7.83. The summed E-state index contributed by atoms with van der Waals surface area (Å²) in [5.41, 5.74) is 2.42. The number of carbonyl (C=O) groups is 2. The molecule has 0 fully saturated rings. The lowest BCUT2D eigenvalue weighted by atomic mass is 10.1. The van der Waals surface area contributed by atoms with Crippen LogP contribution in [0.25, 0.3) is 16.2 Å². The van der Waals surface area contributed by atoms with Gasteiger partial charge in [-0.05, 0) is 32.1 Å². The van der Waals surface area contributed by atoms with Crippen LogP contribution >= 0.6 is 22.9 Å². The van der Waals surface area contributed by atoms with Crippen molar-refractivity contribution in [3.05, 3.63) is 63.3 Å². The Balaban J connectivity index is 1.65. The molecule has 2 aromatic heterocycles. The molecule has 1 aromatic carbocycles. The van der Waals surface area contributed by atoms with E-state index < -0.39 is 5.97 Å². The summed E-state index contributed by atoms with van der Waals surface area (Å²) < 4.78 is 8.06. The Morgan fingerprint density at radius 3 is 2.65 bits per heavy atom. The molecule has 0 amide bonds. The number of thiophene rings is 1. The Labute approximate surface area is 160 Å². The van der Waals surface area contributed by atoms with Gasteiger partial charge in [-0.3, -0.25) is 4.79 Å². The number of benzene rings is 1. The summed E-state index contributed by atoms with van der Waals surface area (Å²) in [6.07, 6.45) is 2.92.